The summed E-state index contributed by atoms with van der Waals surface area (Å²) in [7, 11) is 0. The van der Waals surface area contributed by atoms with E-state index in [4.69, 9.17) is 23.7 Å². The van der Waals surface area contributed by atoms with Crippen molar-refractivity contribution < 1.29 is 28.1 Å². The van der Waals surface area contributed by atoms with Crippen molar-refractivity contribution in [2.75, 3.05) is 6.61 Å². The molecule has 0 N–H and O–H groups in total. The molecule has 0 saturated carbocycles. The predicted octanol–water partition coefficient (Wildman–Crippen LogP) is 4.97. The zero-order valence-electron chi connectivity index (χ0n) is 18.2. The van der Waals surface area contributed by atoms with E-state index in [-0.39, 0.29) is 13.2 Å². The zero-order chi connectivity index (χ0) is 22.5. The lowest BCUT2D eigenvalue weighted by Gasteiger charge is -2.47. The lowest BCUT2D eigenvalue weighted by molar-refractivity contribution is -0.355. The van der Waals surface area contributed by atoms with E-state index in [9.17, 15) is 0 Å². The first-order valence-corrected chi connectivity index (χ1v) is 11.2. The molecule has 5 rings (SSSR count). The van der Waals surface area contributed by atoms with Crippen molar-refractivity contribution in [1.29, 1.82) is 0 Å². The van der Waals surface area contributed by atoms with E-state index in [2.05, 4.69) is 0 Å². The quantitative estimate of drug-likeness (QED) is 0.509. The van der Waals surface area contributed by atoms with Crippen LogP contribution in [0.15, 0.2) is 91.0 Å². The third-order valence-corrected chi connectivity index (χ3v) is 5.91. The molecule has 5 nitrogen and oxygen atoms in total. The molecular weight excluding hydrogens is 423 g/mol. The van der Waals surface area contributed by atoms with Crippen LogP contribution in [-0.4, -0.2) is 37.4 Å². The Bertz CT molecular complexity index is 987. The van der Waals surface area contributed by atoms with Crippen LogP contribution in [0.25, 0.3) is 0 Å². The Morgan fingerprint density at radius 3 is 1.85 bits per heavy atom. The Balaban J connectivity index is 1.36. The van der Waals surface area contributed by atoms with Gasteiger partial charge in [-0.1, -0.05) is 91.0 Å². The van der Waals surface area contributed by atoms with Gasteiger partial charge in [0.2, 0.25) is 6.36 Å². The van der Waals surface area contributed by atoms with Crippen molar-refractivity contribution in [3.63, 3.8) is 0 Å². The fraction of sp³-hybridized carbons (Fsp3) is 0.333. The topological polar surface area (TPSA) is 46.2 Å². The van der Waals surface area contributed by atoms with Crippen molar-refractivity contribution in [1.82, 2.24) is 0 Å². The van der Waals surface area contributed by atoms with Crippen molar-refractivity contribution >= 4 is 0 Å². The van der Waals surface area contributed by atoms with Gasteiger partial charge in [-0.05, 0) is 11.1 Å². The summed E-state index contributed by atoms with van der Waals surface area (Å²) in [6.07, 6.45) is -4.97. The Hall–Kier alpha value is -2.61. The molecule has 6 atom stereocenters. The first-order valence-electron chi connectivity index (χ1n) is 11.2. The molecule has 2 aliphatic rings. The first kappa shape index (κ1) is 22.2. The summed E-state index contributed by atoms with van der Waals surface area (Å²) < 4.78 is 45.2. The van der Waals surface area contributed by atoms with Gasteiger partial charge >= 0.3 is 0 Å². The van der Waals surface area contributed by atoms with E-state index in [0.29, 0.717) is 6.61 Å². The van der Waals surface area contributed by atoms with E-state index in [1.807, 2.05) is 91.0 Å². The second-order valence-corrected chi connectivity index (χ2v) is 8.22. The molecule has 2 saturated heterocycles. The van der Waals surface area contributed by atoms with E-state index in [0.717, 1.165) is 16.7 Å². The summed E-state index contributed by atoms with van der Waals surface area (Å²) in [6.45, 7) is 0.768. The Labute approximate surface area is 193 Å². The number of fused-ring (bicyclic) bond motifs is 1. The summed E-state index contributed by atoms with van der Waals surface area (Å²) in [5.41, 5.74) is 2.83. The zero-order valence-corrected chi connectivity index (χ0v) is 18.2. The molecule has 0 bridgehead atoms. The average molecular weight is 451 g/mol. The van der Waals surface area contributed by atoms with Crippen LogP contribution in [-0.2, 0) is 36.9 Å². The lowest BCUT2D eigenvalue weighted by Crippen LogP contribution is -2.62. The molecule has 0 spiro atoms. The van der Waals surface area contributed by atoms with Gasteiger partial charge in [-0.3, -0.25) is 0 Å². The van der Waals surface area contributed by atoms with Crippen LogP contribution in [0.5, 0.6) is 0 Å². The smallest absolute Gasteiger partial charge is 0.228 e. The van der Waals surface area contributed by atoms with Gasteiger partial charge in [-0.25, -0.2) is 4.39 Å². The average Bonchev–Trinajstić information content (AvgIpc) is 2.88. The molecule has 2 aliphatic heterocycles. The SMILES string of the molecule is F[C@H]1O[C@@H]2COC(c3ccccc3)O[C@@H]2[C@H](OCc2ccccc2)[C@H]1OCc1ccccc1. The summed E-state index contributed by atoms with van der Waals surface area (Å²) >= 11 is 0. The maximum atomic E-state index is 15.2. The molecule has 6 heteroatoms. The van der Waals surface area contributed by atoms with Crippen molar-refractivity contribution in [3.05, 3.63) is 108 Å². The molecule has 2 fully saturated rings. The van der Waals surface area contributed by atoms with Crippen LogP contribution >= 0.6 is 0 Å². The molecule has 0 aromatic heterocycles. The molecule has 33 heavy (non-hydrogen) atoms. The van der Waals surface area contributed by atoms with Crippen molar-refractivity contribution in [2.24, 2.45) is 0 Å². The summed E-state index contributed by atoms with van der Waals surface area (Å²) in [5.74, 6) is 0. The van der Waals surface area contributed by atoms with Crippen LogP contribution in [0.3, 0.4) is 0 Å². The van der Waals surface area contributed by atoms with Gasteiger partial charge < -0.3 is 23.7 Å². The van der Waals surface area contributed by atoms with E-state index in [1.165, 1.54) is 0 Å². The second kappa shape index (κ2) is 10.5. The monoisotopic (exact) mass is 450 g/mol. The number of halogens is 1. The predicted molar refractivity (Wildman–Crippen MR) is 120 cm³/mol. The number of ether oxygens (including phenoxy) is 5. The molecule has 0 radical (unpaired) electrons. The van der Waals surface area contributed by atoms with Crippen molar-refractivity contribution in [2.45, 2.75) is 50.3 Å². The third-order valence-electron chi connectivity index (χ3n) is 5.91. The number of hydrogen-bond donors (Lipinski definition) is 0. The molecular formula is C27H27FO5. The summed E-state index contributed by atoms with van der Waals surface area (Å²) in [6, 6.07) is 29.1. The molecule has 0 aliphatic carbocycles. The number of alkyl halides is 1. The van der Waals surface area contributed by atoms with Crippen molar-refractivity contribution in [3.8, 4) is 0 Å². The van der Waals surface area contributed by atoms with Crippen LogP contribution < -0.4 is 0 Å². The molecule has 1 unspecified atom stereocenters. The van der Waals surface area contributed by atoms with E-state index in [1.54, 1.807) is 0 Å². The van der Waals surface area contributed by atoms with Gasteiger partial charge in [0.15, 0.2) is 6.29 Å². The van der Waals surface area contributed by atoms with Crippen LogP contribution in [0.4, 0.5) is 4.39 Å². The minimum atomic E-state index is -1.66. The van der Waals surface area contributed by atoms with Gasteiger partial charge in [0.1, 0.15) is 24.4 Å². The Morgan fingerprint density at radius 2 is 1.24 bits per heavy atom. The molecule has 2 heterocycles. The fourth-order valence-corrected chi connectivity index (χ4v) is 4.21. The lowest BCUT2D eigenvalue weighted by atomic mass is 9.97. The van der Waals surface area contributed by atoms with Gasteiger partial charge in [0.25, 0.3) is 0 Å². The van der Waals surface area contributed by atoms with E-state index >= 15 is 4.39 Å². The summed E-state index contributed by atoms with van der Waals surface area (Å²) in [4.78, 5) is 0. The fourth-order valence-electron chi connectivity index (χ4n) is 4.21. The van der Waals surface area contributed by atoms with Gasteiger partial charge in [-0.15, -0.1) is 0 Å². The minimum absolute atomic E-state index is 0.210. The molecule has 172 valence electrons. The molecule has 3 aromatic carbocycles. The van der Waals surface area contributed by atoms with Crippen LogP contribution in [0.2, 0.25) is 0 Å². The van der Waals surface area contributed by atoms with Crippen LogP contribution in [0, 0.1) is 0 Å². The standard InChI is InChI=1S/C27H27FO5/c28-26-25(30-17-20-12-6-2-7-13-20)24(29-16-19-10-4-1-5-11-19)23-22(32-26)18-31-27(33-23)21-14-8-3-9-15-21/h1-15,22-27H,16-18H2/t22-,23+,24+,25-,26+,27?/m1/s1. The normalized spacial score (nSPS) is 29.4. The highest BCUT2D eigenvalue weighted by Crippen LogP contribution is 2.37. The van der Waals surface area contributed by atoms with Gasteiger partial charge in [-0.2, -0.15) is 0 Å². The second-order valence-electron chi connectivity index (χ2n) is 8.22. The number of rotatable bonds is 7. The molecule has 3 aromatic rings. The Morgan fingerprint density at radius 1 is 0.697 bits per heavy atom. The van der Waals surface area contributed by atoms with Crippen LogP contribution in [0.1, 0.15) is 23.0 Å². The number of hydrogen-bond acceptors (Lipinski definition) is 5. The highest BCUT2D eigenvalue weighted by Gasteiger charge is 2.51. The Kier molecular flexibility index (Phi) is 7.09. The summed E-state index contributed by atoms with van der Waals surface area (Å²) in [5, 5.41) is 0. The number of benzene rings is 3. The maximum absolute atomic E-state index is 15.2. The largest absolute Gasteiger partial charge is 0.368 e. The minimum Gasteiger partial charge on any atom is -0.368 e. The third kappa shape index (κ3) is 5.32. The van der Waals surface area contributed by atoms with Gasteiger partial charge in [0, 0.05) is 5.56 Å². The molecule has 0 amide bonds. The highest BCUT2D eigenvalue weighted by molar-refractivity contribution is 5.17. The van der Waals surface area contributed by atoms with Gasteiger partial charge in [0.05, 0.1) is 19.8 Å². The highest BCUT2D eigenvalue weighted by atomic mass is 19.1. The maximum Gasteiger partial charge on any atom is 0.228 e. The van der Waals surface area contributed by atoms with E-state index < -0.39 is 37.1 Å². The first-order chi connectivity index (χ1) is 16.3.